The van der Waals surface area contributed by atoms with Crippen LogP contribution in [-0.2, 0) is 11.2 Å². The average molecular weight is 358 g/mol. The summed E-state index contributed by atoms with van der Waals surface area (Å²) in [6.07, 6.45) is 1.55. The number of hydrogen-bond acceptors (Lipinski definition) is 3. The van der Waals surface area contributed by atoms with Gasteiger partial charge in [-0.3, -0.25) is 4.79 Å². The van der Waals surface area contributed by atoms with Crippen LogP contribution >= 0.6 is 15.9 Å². The SMILES string of the molecule is CCOc1ccc(CCNC(=O)[C@@H](Br)CC)cc1OCC. The monoisotopic (exact) mass is 357 g/mol. The van der Waals surface area contributed by atoms with Gasteiger partial charge >= 0.3 is 0 Å². The van der Waals surface area contributed by atoms with E-state index < -0.39 is 0 Å². The van der Waals surface area contributed by atoms with Crippen LogP contribution in [0.3, 0.4) is 0 Å². The van der Waals surface area contributed by atoms with Gasteiger partial charge in [-0.15, -0.1) is 0 Å². The number of alkyl halides is 1. The highest BCUT2D eigenvalue weighted by Gasteiger charge is 2.11. The number of rotatable bonds is 9. The van der Waals surface area contributed by atoms with E-state index in [9.17, 15) is 4.79 Å². The Morgan fingerprint density at radius 2 is 1.86 bits per heavy atom. The third kappa shape index (κ3) is 5.96. The molecular formula is C16H24BrNO3. The molecule has 0 fully saturated rings. The Balaban J connectivity index is 2.59. The smallest absolute Gasteiger partial charge is 0.233 e. The Bertz CT molecular complexity index is 451. The van der Waals surface area contributed by atoms with Crippen LogP contribution in [0.4, 0.5) is 0 Å². The van der Waals surface area contributed by atoms with Gasteiger partial charge in [0.05, 0.1) is 18.0 Å². The van der Waals surface area contributed by atoms with E-state index in [0.29, 0.717) is 19.8 Å². The van der Waals surface area contributed by atoms with E-state index in [1.165, 1.54) is 0 Å². The molecule has 118 valence electrons. The molecule has 0 heterocycles. The number of benzene rings is 1. The highest BCUT2D eigenvalue weighted by atomic mass is 79.9. The third-order valence-electron chi connectivity index (χ3n) is 2.96. The van der Waals surface area contributed by atoms with Gasteiger partial charge in [0, 0.05) is 6.54 Å². The zero-order valence-corrected chi connectivity index (χ0v) is 14.5. The molecule has 21 heavy (non-hydrogen) atoms. The molecule has 4 nitrogen and oxygen atoms in total. The second-order valence-electron chi connectivity index (χ2n) is 4.56. The summed E-state index contributed by atoms with van der Waals surface area (Å²) in [6, 6.07) is 5.90. The standard InChI is InChI=1S/C16H24BrNO3/c1-4-13(17)16(19)18-10-9-12-7-8-14(20-5-2)15(11-12)21-6-3/h7-8,11,13H,4-6,9-10H2,1-3H3,(H,18,19)/t13-/m0/s1. The zero-order valence-electron chi connectivity index (χ0n) is 12.9. The third-order valence-corrected chi connectivity index (χ3v) is 4.03. The van der Waals surface area contributed by atoms with Gasteiger partial charge in [-0.05, 0) is 44.4 Å². The summed E-state index contributed by atoms with van der Waals surface area (Å²) in [7, 11) is 0. The highest BCUT2D eigenvalue weighted by Crippen LogP contribution is 2.28. The number of nitrogens with one attached hydrogen (secondary N) is 1. The molecule has 0 spiro atoms. The first kappa shape index (κ1) is 17.8. The second-order valence-corrected chi connectivity index (χ2v) is 5.67. The molecule has 5 heteroatoms. The van der Waals surface area contributed by atoms with Gasteiger partial charge in [0.15, 0.2) is 11.5 Å². The van der Waals surface area contributed by atoms with Gasteiger partial charge in [-0.25, -0.2) is 0 Å². The van der Waals surface area contributed by atoms with Crippen LogP contribution in [0.1, 0.15) is 32.8 Å². The van der Waals surface area contributed by atoms with E-state index in [0.717, 1.165) is 29.9 Å². The van der Waals surface area contributed by atoms with Crippen molar-refractivity contribution in [1.82, 2.24) is 5.32 Å². The molecular weight excluding hydrogens is 334 g/mol. The van der Waals surface area contributed by atoms with Crippen LogP contribution < -0.4 is 14.8 Å². The normalized spacial score (nSPS) is 11.8. The van der Waals surface area contributed by atoms with Gasteiger partial charge < -0.3 is 14.8 Å². The fourth-order valence-electron chi connectivity index (χ4n) is 1.88. The summed E-state index contributed by atoms with van der Waals surface area (Å²) < 4.78 is 11.1. The number of amides is 1. The fraction of sp³-hybridized carbons (Fsp3) is 0.562. The van der Waals surface area contributed by atoms with Gasteiger partial charge in [0.25, 0.3) is 0 Å². The van der Waals surface area contributed by atoms with Crippen LogP contribution in [0.5, 0.6) is 11.5 Å². The lowest BCUT2D eigenvalue weighted by Crippen LogP contribution is -2.32. The molecule has 0 saturated heterocycles. The Kier molecular flexibility index (Phi) is 8.20. The minimum atomic E-state index is -0.114. The summed E-state index contributed by atoms with van der Waals surface area (Å²) in [5.41, 5.74) is 1.12. The second kappa shape index (κ2) is 9.66. The fourth-order valence-corrected chi connectivity index (χ4v) is 2.04. The topological polar surface area (TPSA) is 47.6 Å². The molecule has 1 rings (SSSR count). The number of ether oxygens (including phenoxy) is 2. The predicted molar refractivity (Wildman–Crippen MR) is 88.5 cm³/mol. The quantitative estimate of drug-likeness (QED) is 0.689. The molecule has 0 aromatic heterocycles. The molecule has 0 bridgehead atoms. The molecule has 0 unspecified atom stereocenters. The Hall–Kier alpha value is -1.23. The molecule has 0 saturated carbocycles. The van der Waals surface area contributed by atoms with E-state index in [1.807, 2.05) is 39.0 Å². The number of halogens is 1. The van der Waals surface area contributed by atoms with Crippen molar-refractivity contribution in [1.29, 1.82) is 0 Å². The van der Waals surface area contributed by atoms with Crippen molar-refractivity contribution in [3.8, 4) is 11.5 Å². The van der Waals surface area contributed by atoms with Crippen molar-refractivity contribution < 1.29 is 14.3 Å². The van der Waals surface area contributed by atoms with Crippen LogP contribution in [0.25, 0.3) is 0 Å². The maximum absolute atomic E-state index is 11.7. The van der Waals surface area contributed by atoms with E-state index in [2.05, 4.69) is 21.2 Å². The van der Waals surface area contributed by atoms with E-state index in [4.69, 9.17) is 9.47 Å². The predicted octanol–water partition coefficient (Wildman–Crippen LogP) is 3.32. The molecule has 0 aliphatic rings. The van der Waals surface area contributed by atoms with E-state index in [-0.39, 0.29) is 10.7 Å². The minimum Gasteiger partial charge on any atom is -0.490 e. The summed E-state index contributed by atoms with van der Waals surface area (Å²) >= 11 is 3.34. The van der Waals surface area contributed by atoms with Gasteiger partial charge in [0.2, 0.25) is 5.91 Å². The van der Waals surface area contributed by atoms with Crippen molar-refractivity contribution in [2.75, 3.05) is 19.8 Å². The molecule has 1 aromatic carbocycles. The first-order chi connectivity index (χ1) is 10.1. The molecule has 1 N–H and O–H groups in total. The van der Waals surface area contributed by atoms with Crippen molar-refractivity contribution in [2.24, 2.45) is 0 Å². The maximum atomic E-state index is 11.7. The molecule has 1 amide bonds. The largest absolute Gasteiger partial charge is 0.490 e. The van der Waals surface area contributed by atoms with Crippen LogP contribution in [0.15, 0.2) is 18.2 Å². The Morgan fingerprint density at radius 1 is 1.19 bits per heavy atom. The summed E-state index contributed by atoms with van der Waals surface area (Å²) in [5, 5.41) is 2.92. The summed E-state index contributed by atoms with van der Waals surface area (Å²) in [4.78, 5) is 11.6. The van der Waals surface area contributed by atoms with Crippen LogP contribution in [0, 0.1) is 0 Å². The van der Waals surface area contributed by atoms with Crippen LogP contribution in [0.2, 0.25) is 0 Å². The van der Waals surface area contributed by atoms with Crippen LogP contribution in [-0.4, -0.2) is 30.5 Å². The summed E-state index contributed by atoms with van der Waals surface area (Å²) in [6.45, 7) is 7.69. The minimum absolute atomic E-state index is 0.0356. The summed E-state index contributed by atoms with van der Waals surface area (Å²) in [5.74, 6) is 1.56. The van der Waals surface area contributed by atoms with Crippen molar-refractivity contribution >= 4 is 21.8 Å². The Morgan fingerprint density at radius 3 is 2.48 bits per heavy atom. The number of carbonyl (C=O) groups is 1. The molecule has 0 radical (unpaired) electrons. The Labute approximate surface area is 135 Å². The molecule has 0 aliphatic carbocycles. The first-order valence-corrected chi connectivity index (χ1v) is 8.34. The maximum Gasteiger partial charge on any atom is 0.233 e. The molecule has 1 atom stereocenters. The van der Waals surface area contributed by atoms with Gasteiger partial charge in [0.1, 0.15) is 0 Å². The average Bonchev–Trinajstić information content (AvgIpc) is 2.49. The van der Waals surface area contributed by atoms with Gasteiger partial charge in [-0.1, -0.05) is 28.9 Å². The lowest BCUT2D eigenvalue weighted by atomic mass is 10.1. The highest BCUT2D eigenvalue weighted by molar-refractivity contribution is 9.10. The molecule has 0 aliphatic heterocycles. The molecule has 1 aromatic rings. The first-order valence-electron chi connectivity index (χ1n) is 7.42. The lowest BCUT2D eigenvalue weighted by Gasteiger charge is -2.13. The number of hydrogen-bond donors (Lipinski definition) is 1. The van der Waals surface area contributed by atoms with E-state index in [1.54, 1.807) is 0 Å². The van der Waals surface area contributed by atoms with Crippen molar-refractivity contribution in [3.05, 3.63) is 23.8 Å². The van der Waals surface area contributed by atoms with E-state index >= 15 is 0 Å². The van der Waals surface area contributed by atoms with Gasteiger partial charge in [-0.2, -0.15) is 0 Å². The lowest BCUT2D eigenvalue weighted by molar-refractivity contribution is -0.120. The zero-order chi connectivity index (χ0) is 15.7. The van der Waals surface area contributed by atoms with Crippen molar-refractivity contribution in [3.63, 3.8) is 0 Å². The van der Waals surface area contributed by atoms with Crippen molar-refractivity contribution in [2.45, 2.75) is 38.4 Å². The number of carbonyl (C=O) groups excluding carboxylic acids is 1.